The van der Waals surface area contributed by atoms with Crippen LogP contribution in [-0.4, -0.2) is 34.9 Å². The molecule has 0 radical (unpaired) electrons. The maximum Gasteiger partial charge on any atom is 0.240 e. The predicted molar refractivity (Wildman–Crippen MR) is 129 cm³/mol. The highest BCUT2D eigenvalue weighted by Crippen LogP contribution is 2.53. The van der Waals surface area contributed by atoms with E-state index < -0.39 is 35.6 Å². The van der Waals surface area contributed by atoms with Gasteiger partial charge in [0.15, 0.2) is 5.78 Å². The van der Waals surface area contributed by atoms with Crippen molar-refractivity contribution in [2.75, 3.05) is 4.90 Å². The number of imide groups is 1. The van der Waals surface area contributed by atoms with Crippen LogP contribution in [0.1, 0.15) is 38.7 Å². The molecule has 7 heteroatoms. The van der Waals surface area contributed by atoms with Gasteiger partial charge in [-0.3, -0.25) is 19.4 Å². The van der Waals surface area contributed by atoms with Gasteiger partial charge in [-0.25, -0.2) is 9.29 Å². The second-order valence-corrected chi connectivity index (χ2v) is 9.37. The average molecular weight is 468 g/mol. The maximum atomic E-state index is 13.9. The molecule has 2 fully saturated rings. The van der Waals surface area contributed by atoms with Crippen LogP contribution in [0.15, 0.2) is 71.8 Å². The lowest BCUT2D eigenvalue weighted by Gasteiger charge is -2.34. The molecule has 3 aliphatic rings. The van der Waals surface area contributed by atoms with Crippen LogP contribution < -0.4 is 4.90 Å². The third kappa shape index (κ3) is 3.07. The van der Waals surface area contributed by atoms with Crippen molar-refractivity contribution in [3.8, 4) is 0 Å². The number of benzene rings is 3. The van der Waals surface area contributed by atoms with Gasteiger partial charge in [0, 0.05) is 5.56 Å². The number of nitrogens with zero attached hydrogens (tertiary/aromatic N) is 3. The molecular formula is C28H22FN3O3. The highest BCUT2D eigenvalue weighted by atomic mass is 19.1. The third-order valence-corrected chi connectivity index (χ3v) is 7.28. The van der Waals surface area contributed by atoms with Crippen molar-refractivity contribution >= 4 is 29.5 Å². The molecule has 2 amide bonds. The highest BCUT2D eigenvalue weighted by Gasteiger charge is 2.65. The number of carbonyl (C=O) groups excluding carboxylic acids is 3. The summed E-state index contributed by atoms with van der Waals surface area (Å²) in [5, 5.41) is 6.16. The second kappa shape index (κ2) is 7.70. The summed E-state index contributed by atoms with van der Waals surface area (Å²) < 4.78 is 13.5. The van der Waals surface area contributed by atoms with Gasteiger partial charge in [0.05, 0.1) is 29.8 Å². The molecule has 0 aromatic heterocycles. The predicted octanol–water partition coefficient (Wildman–Crippen LogP) is 4.20. The molecule has 0 spiro atoms. The average Bonchev–Trinajstić information content (AvgIpc) is 3.32. The minimum absolute atomic E-state index is 0.273. The Kier molecular flexibility index (Phi) is 4.71. The van der Waals surface area contributed by atoms with Crippen molar-refractivity contribution in [3.05, 3.63) is 100 Å². The smallest absolute Gasteiger partial charge is 0.240 e. The molecule has 3 aromatic carbocycles. The lowest BCUT2D eigenvalue weighted by molar-refractivity contribution is -0.124. The van der Waals surface area contributed by atoms with Gasteiger partial charge in [-0.1, -0.05) is 42.0 Å². The molecule has 6 nitrogen and oxygen atoms in total. The van der Waals surface area contributed by atoms with Gasteiger partial charge in [-0.15, -0.1) is 0 Å². The number of amides is 2. The van der Waals surface area contributed by atoms with Crippen LogP contribution in [0.5, 0.6) is 0 Å². The van der Waals surface area contributed by atoms with Crippen molar-refractivity contribution in [3.63, 3.8) is 0 Å². The minimum Gasteiger partial charge on any atom is -0.292 e. The molecule has 6 rings (SSSR count). The second-order valence-electron chi connectivity index (χ2n) is 9.37. The number of Topliss-reactive ketones (excluding diaryl/α,β-unsaturated/α-hetero) is 1. The molecule has 0 aliphatic carbocycles. The summed E-state index contributed by atoms with van der Waals surface area (Å²) in [4.78, 5) is 42.8. The topological polar surface area (TPSA) is 70.1 Å². The Hall–Kier alpha value is -4.13. The van der Waals surface area contributed by atoms with E-state index in [1.54, 1.807) is 17.3 Å². The van der Waals surface area contributed by atoms with Crippen LogP contribution in [0.2, 0.25) is 0 Å². The van der Waals surface area contributed by atoms with Crippen LogP contribution in [0.4, 0.5) is 10.1 Å². The number of halogens is 1. The monoisotopic (exact) mass is 467 g/mol. The number of ketones is 1. The molecule has 3 aromatic rings. The summed E-state index contributed by atoms with van der Waals surface area (Å²) in [5.74, 6) is -3.23. The standard InChI is InChI=1S/C28H22FN3O3/c1-15-7-12-21(16(2)13-15)31-27(34)22-23(28(31)35)25(26(33)17-8-10-19(29)11-9-17)32-24(22)20-6-4-3-5-18(20)14-30-32/h3-14,22-25H,1-2H3/t22-,23+,24?,25-/m1/s1. The third-order valence-electron chi connectivity index (χ3n) is 7.28. The number of aryl methyl sites for hydroxylation is 2. The number of fused-ring (bicyclic) bond motifs is 5. The zero-order valence-electron chi connectivity index (χ0n) is 19.2. The van der Waals surface area contributed by atoms with E-state index in [1.807, 2.05) is 50.2 Å². The Morgan fingerprint density at radius 2 is 1.63 bits per heavy atom. The van der Waals surface area contributed by atoms with Gasteiger partial charge in [0.1, 0.15) is 11.9 Å². The quantitative estimate of drug-likeness (QED) is 0.428. The molecule has 1 unspecified atom stereocenters. The summed E-state index contributed by atoms with van der Waals surface area (Å²) in [6.07, 6.45) is 1.66. The van der Waals surface area contributed by atoms with Crippen LogP contribution in [0, 0.1) is 31.5 Å². The van der Waals surface area contributed by atoms with Crippen LogP contribution in [-0.2, 0) is 9.59 Å². The van der Waals surface area contributed by atoms with Crippen molar-refractivity contribution in [2.24, 2.45) is 16.9 Å². The molecule has 4 atom stereocenters. The van der Waals surface area contributed by atoms with E-state index >= 15 is 0 Å². The zero-order valence-corrected chi connectivity index (χ0v) is 19.2. The summed E-state index contributed by atoms with van der Waals surface area (Å²) >= 11 is 0. The van der Waals surface area contributed by atoms with Crippen LogP contribution >= 0.6 is 0 Å². The normalized spacial score (nSPS) is 24.4. The zero-order chi connectivity index (χ0) is 24.4. The van der Waals surface area contributed by atoms with E-state index in [2.05, 4.69) is 5.10 Å². The number of hydrogen-bond donors (Lipinski definition) is 0. The fourth-order valence-electron chi connectivity index (χ4n) is 5.75. The minimum atomic E-state index is -0.979. The Morgan fingerprint density at radius 3 is 2.37 bits per heavy atom. The number of hydrogen-bond acceptors (Lipinski definition) is 5. The van der Waals surface area contributed by atoms with Crippen molar-refractivity contribution in [1.29, 1.82) is 0 Å². The van der Waals surface area contributed by atoms with E-state index in [9.17, 15) is 18.8 Å². The SMILES string of the molecule is Cc1ccc(N2C(=O)[C@H]3[C@@H](C2=O)C2c4ccccc4C=NN2[C@H]3C(=O)c2ccc(F)cc2)c(C)c1. The molecule has 3 aliphatic heterocycles. The highest BCUT2D eigenvalue weighted by molar-refractivity contribution is 6.25. The number of rotatable bonds is 3. The molecule has 35 heavy (non-hydrogen) atoms. The Balaban J connectivity index is 1.50. The van der Waals surface area contributed by atoms with Gasteiger partial charge in [0.2, 0.25) is 11.8 Å². The Morgan fingerprint density at radius 1 is 0.914 bits per heavy atom. The Labute approximate surface area is 201 Å². The van der Waals surface area contributed by atoms with E-state index in [4.69, 9.17) is 0 Å². The Bertz CT molecular complexity index is 1430. The number of hydrazone groups is 1. The molecular weight excluding hydrogens is 445 g/mol. The summed E-state index contributed by atoms with van der Waals surface area (Å²) in [6.45, 7) is 3.82. The lowest BCUT2D eigenvalue weighted by atomic mass is 9.83. The molecule has 0 N–H and O–H groups in total. The van der Waals surface area contributed by atoms with E-state index in [1.165, 1.54) is 29.2 Å². The number of anilines is 1. The van der Waals surface area contributed by atoms with Gasteiger partial charge in [-0.2, -0.15) is 5.10 Å². The van der Waals surface area contributed by atoms with E-state index in [0.717, 1.165) is 22.3 Å². The van der Waals surface area contributed by atoms with Crippen LogP contribution in [0.25, 0.3) is 0 Å². The van der Waals surface area contributed by atoms with Gasteiger partial charge < -0.3 is 0 Å². The van der Waals surface area contributed by atoms with E-state index in [0.29, 0.717) is 5.69 Å². The summed E-state index contributed by atoms with van der Waals surface area (Å²) in [7, 11) is 0. The van der Waals surface area contributed by atoms with E-state index in [-0.39, 0.29) is 17.3 Å². The molecule has 0 bridgehead atoms. The first kappa shape index (κ1) is 21.4. The summed E-state index contributed by atoms with van der Waals surface area (Å²) in [5.41, 5.74) is 4.36. The first-order chi connectivity index (χ1) is 16.9. The van der Waals surface area contributed by atoms with Gasteiger partial charge in [-0.05, 0) is 60.9 Å². The van der Waals surface area contributed by atoms with Crippen LogP contribution in [0.3, 0.4) is 0 Å². The first-order valence-corrected chi connectivity index (χ1v) is 11.5. The van der Waals surface area contributed by atoms with Crippen molar-refractivity contribution < 1.29 is 18.8 Å². The summed E-state index contributed by atoms with van der Waals surface area (Å²) in [6, 6.07) is 16.9. The fourth-order valence-corrected chi connectivity index (χ4v) is 5.75. The lowest BCUT2D eigenvalue weighted by Crippen LogP contribution is -2.44. The van der Waals surface area contributed by atoms with Gasteiger partial charge >= 0.3 is 0 Å². The van der Waals surface area contributed by atoms with Crippen molar-refractivity contribution in [1.82, 2.24) is 5.01 Å². The fraction of sp³-hybridized carbons (Fsp3) is 0.214. The molecule has 174 valence electrons. The first-order valence-electron chi connectivity index (χ1n) is 11.5. The maximum absolute atomic E-state index is 13.9. The molecule has 0 saturated carbocycles. The largest absolute Gasteiger partial charge is 0.292 e. The number of carbonyl (C=O) groups is 3. The van der Waals surface area contributed by atoms with Crippen molar-refractivity contribution in [2.45, 2.75) is 25.9 Å². The molecule has 3 heterocycles. The van der Waals surface area contributed by atoms with Gasteiger partial charge in [0.25, 0.3) is 0 Å². The molecule has 2 saturated heterocycles.